The molecule has 1 amide bonds. The summed E-state index contributed by atoms with van der Waals surface area (Å²) >= 11 is 0. The maximum Gasteiger partial charge on any atom is 0.206 e. The summed E-state index contributed by atoms with van der Waals surface area (Å²) in [6.45, 7) is 9.38. The standard InChI is InChI=1S/C7H16O3.C2H5NO.C2H6/c1-3-9-6-7-10-5-4-8-2;1-3-2-4;1-2/h3-7H2,1-2H3;2H,1H3,(H,3,4);1-2H3. The summed E-state index contributed by atoms with van der Waals surface area (Å²) in [6.07, 6.45) is 0.625. The lowest BCUT2D eigenvalue weighted by Crippen LogP contribution is -2.07. The number of methoxy groups -OCH3 is 1. The second-order valence-electron chi connectivity index (χ2n) is 2.21. The number of nitrogens with one attached hydrogen (secondary N) is 1. The SMILES string of the molecule is CC.CCOCCOCCOC.CNC=O. The molecule has 0 spiro atoms. The summed E-state index contributed by atoms with van der Waals surface area (Å²) in [4.78, 5) is 9.06. The second kappa shape index (κ2) is 29.3. The molecule has 0 saturated heterocycles. The average molecular weight is 237 g/mol. The van der Waals surface area contributed by atoms with Gasteiger partial charge in [-0.1, -0.05) is 13.8 Å². The van der Waals surface area contributed by atoms with Gasteiger partial charge in [-0.05, 0) is 6.92 Å². The molecule has 0 bridgehead atoms. The summed E-state index contributed by atoms with van der Waals surface area (Å²) in [5.41, 5.74) is 0. The lowest BCUT2D eigenvalue weighted by atomic mass is 10.7. The van der Waals surface area contributed by atoms with E-state index in [4.69, 9.17) is 19.0 Å². The van der Waals surface area contributed by atoms with Gasteiger partial charge in [0.15, 0.2) is 0 Å². The van der Waals surface area contributed by atoms with E-state index >= 15 is 0 Å². The summed E-state index contributed by atoms with van der Waals surface area (Å²) < 4.78 is 15.0. The zero-order valence-corrected chi connectivity index (χ0v) is 11.2. The van der Waals surface area contributed by atoms with Crippen LogP contribution in [0, 0.1) is 0 Å². The molecule has 0 atom stereocenters. The normalized spacial score (nSPS) is 8.06. The van der Waals surface area contributed by atoms with E-state index in [2.05, 4.69) is 5.32 Å². The lowest BCUT2D eigenvalue weighted by Gasteiger charge is -2.02. The molecule has 16 heavy (non-hydrogen) atoms. The van der Waals surface area contributed by atoms with E-state index in [1.54, 1.807) is 14.2 Å². The molecule has 0 heterocycles. The van der Waals surface area contributed by atoms with Gasteiger partial charge in [0.1, 0.15) is 0 Å². The van der Waals surface area contributed by atoms with Crippen LogP contribution in [0.2, 0.25) is 0 Å². The molecule has 0 saturated carbocycles. The maximum atomic E-state index is 9.06. The van der Waals surface area contributed by atoms with Gasteiger partial charge in [0.25, 0.3) is 0 Å². The molecule has 5 nitrogen and oxygen atoms in total. The molecular formula is C11H27NO4. The van der Waals surface area contributed by atoms with Crippen molar-refractivity contribution in [1.82, 2.24) is 5.32 Å². The number of hydrogen-bond donors (Lipinski definition) is 1. The second-order valence-corrected chi connectivity index (χ2v) is 2.21. The molecule has 0 rings (SSSR count). The number of carbonyl (C=O) groups is 1. The summed E-state index contributed by atoms with van der Waals surface area (Å²) in [5.74, 6) is 0. The lowest BCUT2D eigenvalue weighted by molar-refractivity contribution is -0.109. The zero-order chi connectivity index (χ0) is 13.1. The Bertz CT molecular complexity index is 94.0. The highest BCUT2D eigenvalue weighted by atomic mass is 16.5. The third kappa shape index (κ3) is 37.7. The highest BCUT2D eigenvalue weighted by Gasteiger charge is 1.86. The van der Waals surface area contributed by atoms with E-state index in [9.17, 15) is 0 Å². The Morgan fingerprint density at radius 1 is 1.06 bits per heavy atom. The fourth-order valence-electron chi connectivity index (χ4n) is 0.507. The Morgan fingerprint density at radius 3 is 1.88 bits per heavy atom. The Hall–Kier alpha value is -0.650. The zero-order valence-electron chi connectivity index (χ0n) is 11.2. The van der Waals surface area contributed by atoms with Gasteiger partial charge >= 0.3 is 0 Å². The Labute approximate surface area is 99.5 Å². The van der Waals surface area contributed by atoms with Crippen LogP contribution in [0.5, 0.6) is 0 Å². The topological polar surface area (TPSA) is 56.8 Å². The van der Waals surface area contributed by atoms with Crippen molar-refractivity contribution in [2.24, 2.45) is 0 Å². The predicted octanol–water partition coefficient (Wildman–Crippen LogP) is 1.07. The van der Waals surface area contributed by atoms with E-state index < -0.39 is 0 Å². The first kappa shape index (κ1) is 20.7. The Kier molecular flexibility index (Phi) is 37.9. The molecule has 0 radical (unpaired) electrons. The number of ether oxygens (including phenoxy) is 3. The molecule has 0 aromatic carbocycles. The monoisotopic (exact) mass is 237 g/mol. The third-order valence-corrected chi connectivity index (χ3v) is 1.13. The highest BCUT2D eigenvalue weighted by Crippen LogP contribution is 1.77. The summed E-state index contributed by atoms with van der Waals surface area (Å²) in [7, 11) is 3.22. The van der Waals surface area contributed by atoms with E-state index in [-0.39, 0.29) is 0 Å². The first-order valence-electron chi connectivity index (χ1n) is 5.58. The van der Waals surface area contributed by atoms with Crippen LogP contribution in [0.25, 0.3) is 0 Å². The van der Waals surface area contributed by atoms with Gasteiger partial charge in [0.2, 0.25) is 6.41 Å². The molecule has 1 N–H and O–H groups in total. The van der Waals surface area contributed by atoms with Gasteiger partial charge in [-0.15, -0.1) is 0 Å². The van der Waals surface area contributed by atoms with Crippen LogP contribution in [0.4, 0.5) is 0 Å². The molecule has 0 aliphatic heterocycles. The molecule has 0 fully saturated rings. The molecule has 100 valence electrons. The molecule has 0 aliphatic rings. The molecule has 0 unspecified atom stereocenters. The van der Waals surface area contributed by atoms with Gasteiger partial charge in [0.05, 0.1) is 26.4 Å². The van der Waals surface area contributed by atoms with Crippen molar-refractivity contribution in [3.05, 3.63) is 0 Å². The van der Waals surface area contributed by atoms with Gasteiger partial charge in [-0.2, -0.15) is 0 Å². The first-order chi connectivity index (χ1) is 7.83. The minimum absolute atomic E-state index is 0.625. The Morgan fingerprint density at radius 2 is 1.50 bits per heavy atom. The number of carbonyl (C=O) groups excluding carboxylic acids is 1. The largest absolute Gasteiger partial charge is 0.382 e. The van der Waals surface area contributed by atoms with Crippen molar-refractivity contribution >= 4 is 6.41 Å². The van der Waals surface area contributed by atoms with Gasteiger partial charge in [-0.25, -0.2) is 0 Å². The smallest absolute Gasteiger partial charge is 0.206 e. The van der Waals surface area contributed by atoms with Crippen LogP contribution in [-0.4, -0.2) is 53.6 Å². The van der Waals surface area contributed by atoms with Crippen molar-refractivity contribution in [1.29, 1.82) is 0 Å². The highest BCUT2D eigenvalue weighted by molar-refractivity contribution is 5.44. The number of amides is 1. The fraction of sp³-hybridized carbons (Fsp3) is 0.909. The van der Waals surface area contributed by atoms with E-state index in [1.807, 2.05) is 20.8 Å². The number of rotatable bonds is 8. The molecule has 0 aliphatic carbocycles. The van der Waals surface area contributed by atoms with Gasteiger partial charge < -0.3 is 19.5 Å². The minimum atomic E-state index is 0.625. The maximum absolute atomic E-state index is 9.06. The van der Waals surface area contributed by atoms with Crippen LogP contribution in [0.15, 0.2) is 0 Å². The molecule has 5 heteroatoms. The molecule has 0 aromatic rings. The van der Waals surface area contributed by atoms with Crippen molar-refractivity contribution in [2.45, 2.75) is 20.8 Å². The quantitative estimate of drug-likeness (QED) is 0.507. The van der Waals surface area contributed by atoms with Crippen molar-refractivity contribution in [3.8, 4) is 0 Å². The summed E-state index contributed by atoms with van der Waals surface area (Å²) in [5, 5.41) is 2.25. The molecule has 0 aromatic heterocycles. The van der Waals surface area contributed by atoms with Crippen LogP contribution < -0.4 is 5.32 Å². The van der Waals surface area contributed by atoms with Crippen LogP contribution >= 0.6 is 0 Å². The van der Waals surface area contributed by atoms with Crippen LogP contribution in [0.1, 0.15) is 20.8 Å². The van der Waals surface area contributed by atoms with Crippen molar-refractivity contribution in [2.75, 3.05) is 47.2 Å². The van der Waals surface area contributed by atoms with Crippen molar-refractivity contribution < 1.29 is 19.0 Å². The minimum Gasteiger partial charge on any atom is -0.382 e. The Balaban J connectivity index is -0.000000237. The third-order valence-electron chi connectivity index (χ3n) is 1.13. The number of hydrogen-bond acceptors (Lipinski definition) is 4. The van der Waals surface area contributed by atoms with E-state index in [0.717, 1.165) is 6.61 Å². The van der Waals surface area contributed by atoms with E-state index in [0.29, 0.717) is 32.8 Å². The predicted molar refractivity (Wildman–Crippen MR) is 65.7 cm³/mol. The van der Waals surface area contributed by atoms with Gasteiger partial charge in [-0.3, -0.25) is 4.79 Å². The summed E-state index contributed by atoms with van der Waals surface area (Å²) in [6, 6.07) is 0. The van der Waals surface area contributed by atoms with Crippen LogP contribution in [0.3, 0.4) is 0 Å². The fourth-order valence-corrected chi connectivity index (χ4v) is 0.507. The first-order valence-corrected chi connectivity index (χ1v) is 5.58. The molecular weight excluding hydrogens is 210 g/mol. The van der Waals surface area contributed by atoms with Gasteiger partial charge in [0, 0.05) is 20.8 Å². The van der Waals surface area contributed by atoms with Crippen molar-refractivity contribution in [3.63, 3.8) is 0 Å². The average Bonchev–Trinajstić information content (AvgIpc) is 2.36. The van der Waals surface area contributed by atoms with E-state index in [1.165, 1.54) is 0 Å². The van der Waals surface area contributed by atoms with Crippen LogP contribution in [-0.2, 0) is 19.0 Å².